The van der Waals surface area contributed by atoms with Gasteiger partial charge in [0.25, 0.3) is 23.6 Å². The third-order valence-corrected chi connectivity index (χ3v) is 29.4. The largest absolute Gasteiger partial charge is 0.379 e. The van der Waals surface area contributed by atoms with E-state index in [1.807, 2.05) is 117 Å². The first-order valence-electron chi connectivity index (χ1n) is 48.4. The lowest BCUT2D eigenvalue weighted by molar-refractivity contribution is 0.00731. The number of hydrogen-bond donors (Lipinski definition) is 8. The molecule has 20 heterocycles. The Morgan fingerprint density at radius 2 is 0.583 bits per heavy atom. The van der Waals surface area contributed by atoms with Crippen LogP contribution in [0.1, 0.15) is 117 Å². The zero-order valence-electron chi connectivity index (χ0n) is 81.9. The molecule has 144 heavy (non-hydrogen) atoms. The number of amides is 4. The molecule has 16 atom stereocenters. The van der Waals surface area contributed by atoms with Crippen molar-refractivity contribution in [1.82, 2.24) is 123 Å². The van der Waals surface area contributed by atoms with Gasteiger partial charge in [-0.2, -0.15) is 38.5 Å². The van der Waals surface area contributed by atoms with Crippen LogP contribution in [0.4, 0.5) is 27.7 Å². The molecule has 4 saturated heterocycles. The Kier molecular flexibility index (Phi) is 27.3. The zero-order chi connectivity index (χ0) is 99.4. The van der Waals surface area contributed by atoms with Gasteiger partial charge >= 0.3 is 0 Å². The fourth-order valence-electron chi connectivity index (χ4n) is 20.8. The summed E-state index contributed by atoms with van der Waals surface area (Å²) in [4.78, 5) is 92.8. The number of nitrogens with one attached hydrogen (secondary N) is 8. The van der Waals surface area contributed by atoms with Gasteiger partial charge in [0.2, 0.25) is 0 Å². The maximum absolute atomic E-state index is 14.9. The molecule has 4 aliphatic carbocycles. The number of pyridine rings is 4. The van der Waals surface area contributed by atoms with Gasteiger partial charge in [0.15, 0.2) is 22.6 Å². The van der Waals surface area contributed by atoms with E-state index in [4.69, 9.17) is 67.3 Å². The molecule has 752 valence electrons. The second kappa shape index (κ2) is 40.9. The molecule has 16 aromatic heterocycles. The van der Waals surface area contributed by atoms with E-state index in [1.165, 1.54) is 6.20 Å². The van der Waals surface area contributed by atoms with Crippen LogP contribution in [0.3, 0.4) is 0 Å². The van der Waals surface area contributed by atoms with E-state index in [1.54, 1.807) is 118 Å². The van der Waals surface area contributed by atoms with Gasteiger partial charge in [-0.1, -0.05) is 0 Å². The van der Waals surface area contributed by atoms with Crippen LogP contribution in [0.15, 0.2) is 147 Å². The van der Waals surface area contributed by atoms with Crippen molar-refractivity contribution in [3.63, 3.8) is 0 Å². The Labute approximate surface area is 825 Å². The number of ether oxygens (including phenoxy) is 10. The van der Waals surface area contributed by atoms with Crippen molar-refractivity contribution < 1.29 is 70.9 Å². The number of fused-ring (bicyclic) bond motifs is 8. The first kappa shape index (κ1) is 96.0. The highest BCUT2D eigenvalue weighted by atomic mass is 19.1. The molecule has 0 bridgehead atoms. The van der Waals surface area contributed by atoms with Gasteiger partial charge in [-0.3, -0.25) is 19.2 Å². The quantitative estimate of drug-likeness (QED) is 0.0237. The number of alkyl halides is 1. The molecule has 16 aromatic rings. The average Bonchev–Trinajstić information content (AvgIpc) is 1.62. The van der Waals surface area contributed by atoms with E-state index in [9.17, 15) is 23.6 Å². The molecular weight excluding hydrogens is 1850 g/mol. The highest BCUT2D eigenvalue weighted by Crippen LogP contribution is 2.43. The number of carbonyl (C=O) groups is 4. The molecule has 0 spiro atoms. The lowest BCUT2D eigenvalue weighted by Crippen LogP contribution is -2.51. The Bertz CT molecular complexity index is 6640. The molecule has 4 saturated carbocycles. The molecule has 43 nitrogen and oxygen atoms in total. The first-order valence-corrected chi connectivity index (χ1v) is 48.4. The van der Waals surface area contributed by atoms with Gasteiger partial charge in [-0.25, -0.2) is 44.3 Å². The number of methoxy groups -OCH3 is 7. The van der Waals surface area contributed by atoms with Crippen LogP contribution >= 0.6 is 0 Å². The maximum Gasteiger partial charge on any atom is 0.257 e. The van der Waals surface area contributed by atoms with E-state index in [0.717, 1.165) is 130 Å². The van der Waals surface area contributed by atoms with Crippen LogP contribution in [-0.2, 0) is 47.4 Å². The second-order valence-electron chi connectivity index (χ2n) is 37.2. The van der Waals surface area contributed by atoms with Crippen LogP contribution in [0.5, 0.6) is 0 Å². The van der Waals surface area contributed by atoms with Crippen LogP contribution in [0.25, 0.3) is 112 Å². The number of likely N-dealkylation sites (tertiary alicyclic amines) is 1. The Hall–Kier alpha value is -14.2. The lowest BCUT2D eigenvalue weighted by atomic mass is 9.89. The predicted molar refractivity (Wildman–Crippen MR) is 534 cm³/mol. The molecule has 4 aliphatic heterocycles. The highest BCUT2D eigenvalue weighted by molar-refractivity contribution is 6.05. The monoisotopic (exact) mass is 1970 g/mol. The minimum atomic E-state index is -0.990. The standard InChI is InChI=1S/C25H29FN8O2.3C25H29N7O4/c1-27-22-9-19(30-24-15(10-29-34(22)24)25(35)31-18-6-7-21(18)36-3)16-11-33(20-13-32(2)12-17(20)26)23-14(16)5-4-8-28-23;3*1-26-22-9-18(29-24-15(10-28-32(22)24)25(33)30-17-6-7-20(17)34-2)16-11-31(19-12-36-13-21(19)35-3)23-14(16)5-4-8-27-23/h4-5,8-11,17-18,20-21,27H,6-7,12-13H2,1-3H3,(H,31,35);3*4-5,8-11,17,19-21,26H,6-7,12-13H2,1-3H3,(H,30,33)/t17-,18?,20-,21-;17?,19-,20+,21-;17-,19+,20-,21+;17-,19-,20-,21-/m0101/s1. The van der Waals surface area contributed by atoms with Crippen LogP contribution in [0, 0.1) is 0 Å². The summed E-state index contributed by atoms with van der Waals surface area (Å²) in [5.74, 6) is 1.97. The summed E-state index contributed by atoms with van der Waals surface area (Å²) >= 11 is 0. The molecular formula is C100H116FN29O14. The number of anilines is 4. The first-order chi connectivity index (χ1) is 70.3. The molecule has 2 unspecified atom stereocenters. The van der Waals surface area contributed by atoms with E-state index >= 15 is 0 Å². The van der Waals surface area contributed by atoms with Crippen molar-refractivity contribution in [2.75, 3.05) is 159 Å². The van der Waals surface area contributed by atoms with E-state index in [0.29, 0.717) is 132 Å². The number of likely N-dealkylation sites (N-methyl/N-ethyl adjacent to an activating group) is 1. The Balaban J connectivity index is 0.000000113. The number of hydrogen-bond acceptors (Lipinski definition) is 31. The molecule has 24 rings (SSSR count). The third-order valence-electron chi connectivity index (χ3n) is 29.4. The van der Waals surface area contributed by atoms with Crippen molar-refractivity contribution in [3.8, 4) is 45.0 Å². The molecule has 8 fully saturated rings. The molecule has 0 aromatic carbocycles. The maximum atomic E-state index is 14.9. The van der Waals surface area contributed by atoms with E-state index < -0.39 is 6.17 Å². The number of halogens is 1. The smallest absolute Gasteiger partial charge is 0.257 e. The van der Waals surface area contributed by atoms with Crippen molar-refractivity contribution in [1.29, 1.82) is 0 Å². The molecule has 44 heteroatoms. The number of rotatable bonds is 27. The van der Waals surface area contributed by atoms with Crippen LogP contribution < -0.4 is 42.5 Å². The van der Waals surface area contributed by atoms with Gasteiger partial charge in [0.05, 0.1) is 160 Å². The number of carbonyl (C=O) groups excluding carboxylic acids is 4. The third kappa shape index (κ3) is 17.6. The summed E-state index contributed by atoms with van der Waals surface area (Å²) in [6.07, 6.45) is 27.6. The van der Waals surface area contributed by atoms with Gasteiger partial charge in [0, 0.05) is 209 Å². The average molecular weight is 1970 g/mol. The summed E-state index contributed by atoms with van der Waals surface area (Å²) in [6, 6.07) is 23.0. The van der Waals surface area contributed by atoms with Crippen molar-refractivity contribution >= 4 is 114 Å². The van der Waals surface area contributed by atoms with Crippen molar-refractivity contribution in [2.45, 2.75) is 149 Å². The van der Waals surface area contributed by atoms with E-state index in [2.05, 4.69) is 115 Å². The van der Waals surface area contributed by atoms with Gasteiger partial charge in [-0.15, -0.1) is 0 Å². The summed E-state index contributed by atoms with van der Waals surface area (Å²) in [6.45, 7) is 4.24. The normalized spacial score (nSPS) is 23.9. The summed E-state index contributed by atoms with van der Waals surface area (Å²) in [7, 11) is 20.9. The molecule has 4 amide bonds. The fraction of sp³-hybridized carbons (Fsp3) is 0.440. The lowest BCUT2D eigenvalue weighted by Gasteiger charge is -2.35. The highest BCUT2D eigenvalue weighted by Gasteiger charge is 2.42. The molecule has 8 aliphatic rings. The fourth-order valence-corrected chi connectivity index (χ4v) is 20.8. The van der Waals surface area contributed by atoms with Crippen LogP contribution in [0.2, 0.25) is 0 Å². The summed E-state index contributed by atoms with van der Waals surface area (Å²) < 4.78 is 85.5. The van der Waals surface area contributed by atoms with Crippen molar-refractivity contribution in [3.05, 3.63) is 169 Å². The number of nitrogens with zero attached hydrogens (tertiary/aromatic N) is 21. The van der Waals surface area contributed by atoms with Gasteiger partial charge in [0.1, 0.15) is 92.6 Å². The van der Waals surface area contributed by atoms with Crippen LogP contribution in [-0.4, -0.2) is 336 Å². The molecule has 8 N–H and O–H groups in total. The van der Waals surface area contributed by atoms with Gasteiger partial charge < -0.3 is 113 Å². The number of aromatic nitrogens is 20. The zero-order valence-corrected chi connectivity index (χ0v) is 81.9. The van der Waals surface area contributed by atoms with Crippen molar-refractivity contribution in [2.24, 2.45) is 0 Å². The SMILES string of the molecule is CNc1cc(-c2cn([C@@H]3COC[C@H]3OC)c3ncccc23)nc2c(C(=O)NC3CC[C@@H]3OC)cnn12.CNc1cc(-c2cn([C@@H]3COC[C@H]3OC)c3ncccc23)nc2c(C(=O)N[C@@H]3CC[C@H]3OC)cnn12.CNc1cc(-c2cn([C@@H]3COC[C@H]3OC)c3ncccc23)nc2c(C(=O)N[C@H]3CC[C@@H]3OC)cnn12.CNc1cc(-c2cn([C@H]3CN(C)C[C@@H]3F)c3ncccc23)nc2c(C(=O)NC3CC[C@@H]3OC)cnn12. The Morgan fingerprint density at radius 1 is 0.333 bits per heavy atom. The predicted octanol–water partition coefficient (Wildman–Crippen LogP) is 9.36. The summed E-state index contributed by atoms with van der Waals surface area (Å²) in [5, 5.41) is 46.4. The topological polar surface area (TPSA) is 452 Å². The minimum absolute atomic E-state index is 0.00108. The Morgan fingerprint density at radius 3 is 0.799 bits per heavy atom. The second-order valence-corrected chi connectivity index (χ2v) is 37.2. The minimum Gasteiger partial charge on any atom is -0.379 e. The van der Waals surface area contributed by atoms with Gasteiger partial charge in [-0.05, 0) is 107 Å². The summed E-state index contributed by atoms with van der Waals surface area (Å²) in [5.41, 5.74) is 13.1. The molecule has 0 radical (unpaired) electrons. The van der Waals surface area contributed by atoms with E-state index in [-0.39, 0.29) is 115 Å².